The Kier molecular flexibility index (Phi) is 5.75. The first-order chi connectivity index (χ1) is 14.9. The van der Waals surface area contributed by atoms with Gasteiger partial charge in [0.05, 0.1) is 17.6 Å². The number of aromatic amines is 1. The van der Waals surface area contributed by atoms with Crippen molar-refractivity contribution in [1.29, 1.82) is 0 Å². The molecule has 1 aliphatic carbocycles. The van der Waals surface area contributed by atoms with Crippen molar-refractivity contribution in [2.24, 2.45) is 11.7 Å². The molecular formula is C24H26N4O3. The first kappa shape index (κ1) is 20.7. The molecule has 4 rings (SSSR count). The number of carbonyl (C=O) groups is 3. The Bertz CT molecular complexity index is 1150. The zero-order valence-electron chi connectivity index (χ0n) is 17.5. The van der Waals surface area contributed by atoms with E-state index in [-0.39, 0.29) is 18.4 Å². The van der Waals surface area contributed by atoms with Gasteiger partial charge in [-0.1, -0.05) is 31.2 Å². The maximum atomic E-state index is 12.9. The normalized spacial score (nSPS) is 15.3. The largest absolute Gasteiger partial charge is 0.368 e. The van der Waals surface area contributed by atoms with E-state index in [4.69, 9.17) is 5.73 Å². The molecule has 1 aromatic heterocycles. The van der Waals surface area contributed by atoms with E-state index in [1.807, 2.05) is 12.1 Å². The van der Waals surface area contributed by atoms with Gasteiger partial charge in [-0.05, 0) is 54.5 Å². The third kappa shape index (κ3) is 4.45. The van der Waals surface area contributed by atoms with E-state index in [9.17, 15) is 14.4 Å². The molecular weight excluding hydrogens is 392 g/mol. The molecule has 5 N–H and O–H groups in total. The number of carbonyl (C=O) groups excluding carboxylic acids is 3. The summed E-state index contributed by atoms with van der Waals surface area (Å²) in [6, 6.07) is 12.7. The van der Waals surface area contributed by atoms with E-state index in [1.165, 1.54) is 11.3 Å². The van der Waals surface area contributed by atoms with Gasteiger partial charge in [0.1, 0.15) is 0 Å². The molecule has 7 heteroatoms. The van der Waals surface area contributed by atoms with E-state index >= 15 is 0 Å². The number of fused-ring (bicyclic) bond motifs is 3. The highest BCUT2D eigenvalue weighted by atomic mass is 16.2. The molecule has 0 saturated carbocycles. The number of primary amides is 1. The summed E-state index contributed by atoms with van der Waals surface area (Å²) in [5.74, 6) is -0.448. The zero-order valence-corrected chi connectivity index (χ0v) is 17.5. The fraction of sp³-hybridized carbons (Fsp3) is 0.292. The van der Waals surface area contributed by atoms with Crippen molar-refractivity contribution in [2.45, 2.75) is 32.7 Å². The first-order valence-corrected chi connectivity index (χ1v) is 10.5. The summed E-state index contributed by atoms with van der Waals surface area (Å²) in [5, 5.41) is 6.55. The second-order valence-corrected chi connectivity index (χ2v) is 8.19. The van der Waals surface area contributed by atoms with E-state index in [0.717, 1.165) is 35.7 Å². The number of aromatic nitrogens is 1. The lowest BCUT2D eigenvalue weighted by Crippen LogP contribution is -2.33. The van der Waals surface area contributed by atoms with Crippen LogP contribution in [-0.2, 0) is 24.2 Å². The van der Waals surface area contributed by atoms with Gasteiger partial charge in [-0.25, -0.2) is 0 Å². The molecule has 0 saturated heterocycles. The molecule has 160 valence electrons. The average molecular weight is 418 g/mol. The first-order valence-electron chi connectivity index (χ1n) is 10.5. The summed E-state index contributed by atoms with van der Waals surface area (Å²) in [7, 11) is 0. The van der Waals surface area contributed by atoms with Gasteiger partial charge in [-0.3, -0.25) is 14.4 Å². The van der Waals surface area contributed by atoms with Crippen LogP contribution in [0.4, 0.5) is 0 Å². The predicted octanol–water partition coefficient (Wildman–Crippen LogP) is 2.44. The summed E-state index contributed by atoms with van der Waals surface area (Å²) >= 11 is 0. The number of hydrogen-bond donors (Lipinski definition) is 4. The fourth-order valence-corrected chi connectivity index (χ4v) is 4.13. The Labute approximate surface area is 180 Å². The van der Waals surface area contributed by atoms with Crippen LogP contribution in [0.15, 0.2) is 42.5 Å². The number of para-hydroxylation sites is 1. The minimum atomic E-state index is -0.597. The molecule has 2 aromatic carbocycles. The number of nitrogens with one attached hydrogen (secondary N) is 3. The fourth-order valence-electron chi connectivity index (χ4n) is 4.13. The molecule has 1 heterocycles. The summed E-state index contributed by atoms with van der Waals surface area (Å²) < 4.78 is 0. The Hall–Kier alpha value is -3.61. The lowest BCUT2D eigenvalue weighted by molar-refractivity contribution is -0.117. The van der Waals surface area contributed by atoms with Gasteiger partial charge in [0.15, 0.2) is 0 Å². The van der Waals surface area contributed by atoms with Gasteiger partial charge < -0.3 is 21.4 Å². The molecule has 7 nitrogen and oxygen atoms in total. The van der Waals surface area contributed by atoms with Gasteiger partial charge in [-0.2, -0.15) is 0 Å². The number of benzene rings is 2. The van der Waals surface area contributed by atoms with E-state index in [1.54, 1.807) is 24.3 Å². The third-order valence-corrected chi connectivity index (χ3v) is 5.81. The Balaban J connectivity index is 1.44. The number of nitrogens with two attached hydrogens (primary N) is 1. The number of aryl methyl sites for hydroxylation is 1. The third-order valence-electron chi connectivity index (χ3n) is 5.81. The van der Waals surface area contributed by atoms with Crippen molar-refractivity contribution in [3.63, 3.8) is 0 Å². The maximum absolute atomic E-state index is 12.9. The van der Waals surface area contributed by atoms with Gasteiger partial charge in [0.2, 0.25) is 5.91 Å². The summed E-state index contributed by atoms with van der Waals surface area (Å²) in [4.78, 5) is 39.1. The second-order valence-electron chi connectivity index (χ2n) is 8.19. The second kappa shape index (κ2) is 8.63. The molecule has 3 aromatic rings. The number of rotatable bonds is 6. The Morgan fingerprint density at radius 3 is 2.58 bits per heavy atom. The SMILES string of the molecule is CC1CCc2[nH]c3c(C(=O)NCc4ccc(C(=O)NCC(N)=O)cc4)cccc3c2C1. The topological polar surface area (TPSA) is 117 Å². The summed E-state index contributed by atoms with van der Waals surface area (Å²) in [6.07, 6.45) is 3.23. The number of amides is 3. The minimum Gasteiger partial charge on any atom is -0.368 e. The molecule has 3 amide bonds. The van der Waals surface area contributed by atoms with Crippen molar-refractivity contribution in [3.05, 3.63) is 70.4 Å². The van der Waals surface area contributed by atoms with Gasteiger partial charge in [0, 0.05) is 23.2 Å². The van der Waals surface area contributed by atoms with E-state index in [0.29, 0.717) is 23.6 Å². The minimum absolute atomic E-state index is 0.138. The predicted molar refractivity (Wildman–Crippen MR) is 119 cm³/mol. The van der Waals surface area contributed by atoms with Crippen molar-refractivity contribution < 1.29 is 14.4 Å². The highest BCUT2D eigenvalue weighted by molar-refractivity contribution is 6.06. The summed E-state index contributed by atoms with van der Waals surface area (Å²) in [5.41, 5.74) is 10.5. The van der Waals surface area contributed by atoms with E-state index in [2.05, 4.69) is 28.6 Å². The molecule has 0 bridgehead atoms. The average Bonchev–Trinajstić information content (AvgIpc) is 3.14. The Morgan fingerprint density at radius 2 is 1.84 bits per heavy atom. The monoisotopic (exact) mass is 418 g/mol. The molecule has 1 unspecified atom stereocenters. The van der Waals surface area contributed by atoms with Gasteiger partial charge >= 0.3 is 0 Å². The summed E-state index contributed by atoms with van der Waals surface area (Å²) in [6.45, 7) is 2.41. The van der Waals surface area contributed by atoms with Crippen molar-refractivity contribution >= 4 is 28.6 Å². The molecule has 1 aliphatic rings. The smallest absolute Gasteiger partial charge is 0.253 e. The van der Waals surface area contributed by atoms with Crippen LogP contribution in [0.3, 0.4) is 0 Å². The van der Waals surface area contributed by atoms with E-state index < -0.39 is 5.91 Å². The molecule has 0 fully saturated rings. The van der Waals surface area contributed by atoms with Crippen LogP contribution in [0.1, 0.15) is 50.9 Å². The molecule has 0 spiro atoms. The maximum Gasteiger partial charge on any atom is 0.253 e. The van der Waals surface area contributed by atoms with Crippen LogP contribution < -0.4 is 16.4 Å². The van der Waals surface area contributed by atoms with Crippen LogP contribution >= 0.6 is 0 Å². The van der Waals surface area contributed by atoms with Crippen LogP contribution in [0.2, 0.25) is 0 Å². The van der Waals surface area contributed by atoms with Gasteiger partial charge in [0.25, 0.3) is 11.8 Å². The van der Waals surface area contributed by atoms with Gasteiger partial charge in [-0.15, -0.1) is 0 Å². The molecule has 0 aliphatic heterocycles. The zero-order chi connectivity index (χ0) is 22.0. The van der Waals surface area contributed by atoms with Crippen LogP contribution in [0.25, 0.3) is 10.9 Å². The van der Waals surface area contributed by atoms with Crippen LogP contribution in [0, 0.1) is 5.92 Å². The lowest BCUT2D eigenvalue weighted by Gasteiger charge is -2.17. The standard InChI is InChI=1S/C24H26N4O3/c1-14-5-10-20-19(11-14)17-3-2-4-18(22(17)28-20)24(31)26-12-15-6-8-16(9-7-15)23(30)27-13-21(25)29/h2-4,6-9,14,28H,5,10-13H2,1H3,(H2,25,29)(H,26,31)(H,27,30). The van der Waals surface area contributed by atoms with Crippen molar-refractivity contribution in [1.82, 2.24) is 15.6 Å². The van der Waals surface area contributed by atoms with Crippen LogP contribution in [-0.4, -0.2) is 29.3 Å². The van der Waals surface area contributed by atoms with Crippen molar-refractivity contribution in [3.8, 4) is 0 Å². The van der Waals surface area contributed by atoms with Crippen LogP contribution in [0.5, 0.6) is 0 Å². The lowest BCUT2D eigenvalue weighted by atomic mass is 9.87. The number of hydrogen-bond acceptors (Lipinski definition) is 3. The highest BCUT2D eigenvalue weighted by Crippen LogP contribution is 2.32. The molecule has 0 radical (unpaired) electrons. The van der Waals surface area contributed by atoms with Crippen molar-refractivity contribution in [2.75, 3.05) is 6.54 Å². The molecule has 31 heavy (non-hydrogen) atoms. The molecule has 1 atom stereocenters. The number of H-pyrrole nitrogens is 1. The quantitative estimate of drug-likeness (QED) is 0.492. The highest BCUT2D eigenvalue weighted by Gasteiger charge is 2.22. The Morgan fingerprint density at radius 1 is 1.06 bits per heavy atom.